The average molecular weight is 537 g/mol. The predicted octanol–water partition coefficient (Wildman–Crippen LogP) is 2.94. The Morgan fingerprint density at radius 2 is 1.93 bits per heavy atom. The van der Waals surface area contributed by atoms with E-state index < -0.39 is 0 Å². The van der Waals surface area contributed by atoms with Gasteiger partial charge in [-0.3, -0.25) is 0 Å². The van der Waals surface area contributed by atoms with E-state index in [0.29, 0.717) is 36.4 Å². The third kappa shape index (κ3) is 9.18. The number of nitrogens with one attached hydrogen (secondary N) is 2. The standard InChI is InChI=1S/C19H29ClN6O2.HI/c1-4-27-12-7-10-21-19(23-14-18-25-24-15(2)26(18)3)22-11-13-28-17-9-6-5-8-16(17)20;/h5-6,8-9H,4,7,10-14H2,1-3H3,(H2,21,22,23);1H. The summed E-state index contributed by atoms with van der Waals surface area (Å²) in [7, 11) is 1.93. The van der Waals surface area contributed by atoms with Crippen LogP contribution < -0.4 is 15.4 Å². The summed E-state index contributed by atoms with van der Waals surface area (Å²) < 4.78 is 13.0. The minimum atomic E-state index is 0. The van der Waals surface area contributed by atoms with E-state index in [2.05, 4.69) is 25.8 Å². The van der Waals surface area contributed by atoms with Crippen molar-refractivity contribution >= 4 is 41.5 Å². The summed E-state index contributed by atoms with van der Waals surface area (Å²) >= 11 is 6.10. The topological polar surface area (TPSA) is 85.6 Å². The Morgan fingerprint density at radius 3 is 2.62 bits per heavy atom. The Hall–Kier alpha value is -1.59. The number of hydrogen-bond donors (Lipinski definition) is 2. The van der Waals surface area contributed by atoms with Gasteiger partial charge in [0.25, 0.3) is 0 Å². The zero-order valence-electron chi connectivity index (χ0n) is 17.2. The van der Waals surface area contributed by atoms with Gasteiger partial charge in [0.15, 0.2) is 11.8 Å². The summed E-state index contributed by atoms with van der Waals surface area (Å²) in [4.78, 5) is 4.60. The lowest BCUT2D eigenvalue weighted by Crippen LogP contribution is -2.40. The van der Waals surface area contributed by atoms with Crippen LogP contribution in [0.5, 0.6) is 5.75 Å². The number of benzene rings is 1. The van der Waals surface area contributed by atoms with Crippen molar-refractivity contribution in [3.8, 4) is 5.75 Å². The fourth-order valence-electron chi connectivity index (χ4n) is 2.33. The van der Waals surface area contributed by atoms with E-state index in [4.69, 9.17) is 21.1 Å². The number of aromatic nitrogens is 3. The van der Waals surface area contributed by atoms with Gasteiger partial charge >= 0.3 is 0 Å². The van der Waals surface area contributed by atoms with E-state index in [-0.39, 0.29) is 24.0 Å². The van der Waals surface area contributed by atoms with Crippen LogP contribution in [0.2, 0.25) is 5.02 Å². The first kappa shape index (κ1) is 25.4. The summed E-state index contributed by atoms with van der Waals surface area (Å²) in [5.41, 5.74) is 0. The molecule has 0 aliphatic heterocycles. The lowest BCUT2D eigenvalue weighted by Gasteiger charge is -2.13. The Balaban J connectivity index is 0.00000420. The van der Waals surface area contributed by atoms with Crippen molar-refractivity contribution in [1.82, 2.24) is 25.4 Å². The number of hydrogen-bond acceptors (Lipinski definition) is 5. The first-order chi connectivity index (χ1) is 13.6. The molecule has 2 rings (SSSR count). The molecule has 0 radical (unpaired) electrons. The molecule has 0 spiro atoms. The van der Waals surface area contributed by atoms with Crippen LogP contribution in [-0.4, -0.2) is 53.6 Å². The van der Waals surface area contributed by atoms with Crippen molar-refractivity contribution in [2.45, 2.75) is 26.8 Å². The van der Waals surface area contributed by atoms with Gasteiger partial charge in [0.2, 0.25) is 0 Å². The molecule has 0 saturated carbocycles. The van der Waals surface area contributed by atoms with Crippen molar-refractivity contribution in [2.75, 3.05) is 32.9 Å². The van der Waals surface area contributed by atoms with Crippen molar-refractivity contribution in [2.24, 2.45) is 12.0 Å². The monoisotopic (exact) mass is 536 g/mol. The second kappa shape index (κ2) is 14.4. The predicted molar refractivity (Wildman–Crippen MR) is 126 cm³/mol. The summed E-state index contributed by atoms with van der Waals surface area (Å²) in [5, 5.41) is 15.4. The lowest BCUT2D eigenvalue weighted by molar-refractivity contribution is 0.145. The Morgan fingerprint density at radius 1 is 1.17 bits per heavy atom. The van der Waals surface area contributed by atoms with Gasteiger partial charge < -0.3 is 24.7 Å². The molecule has 162 valence electrons. The first-order valence-corrected chi connectivity index (χ1v) is 9.81. The van der Waals surface area contributed by atoms with Gasteiger partial charge in [-0.1, -0.05) is 23.7 Å². The van der Waals surface area contributed by atoms with Crippen LogP contribution in [0.3, 0.4) is 0 Å². The number of aliphatic imine (C=N–C) groups is 1. The van der Waals surface area contributed by atoms with Gasteiger partial charge in [-0.25, -0.2) is 4.99 Å². The molecule has 0 fully saturated rings. The van der Waals surface area contributed by atoms with Gasteiger partial charge in [-0.05, 0) is 32.4 Å². The molecule has 0 unspecified atom stereocenters. The number of para-hydroxylation sites is 1. The number of nitrogens with zero attached hydrogens (tertiary/aromatic N) is 4. The molecular weight excluding hydrogens is 507 g/mol. The average Bonchev–Trinajstić information content (AvgIpc) is 3.01. The van der Waals surface area contributed by atoms with Gasteiger partial charge in [-0.2, -0.15) is 0 Å². The number of halogens is 2. The molecule has 8 nitrogen and oxygen atoms in total. The highest BCUT2D eigenvalue weighted by atomic mass is 127. The number of ether oxygens (including phenoxy) is 2. The summed E-state index contributed by atoms with van der Waals surface area (Å²) in [6.45, 7) is 7.59. The number of aryl methyl sites for hydroxylation is 1. The zero-order valence-corrected chi connectivity index (χ0v) is 20.2. The minimum Gasteiger partial charge on any atom is -0.490 e. The van der Waals surface area contributed by atoms with E-state index in [9.17, 15) is 0 Å². The van der Waals surface area contributed by atoms with Crippen LogP contribution in [0.25, 0.3) is 0 Å². The second-order valence-electron chi connectivity index (χ2n) is 6.07. The third-order valence-electron chi connectivity index (χ3n) is 4.01. The largest absolute Gasteiger partial charge is 0.490 e. The molecule has 0 saturated heterocycles. The molecule has 0 amide bonds. The molecule has 2 aromatic rings. The highest BCUT2D eigenvalue weighted by Crippen LogP contribution is 2.22. The van der Waals surface area contributed by atoms with Crippen molar-refractivity contribution in [1.29, 1.82) is 0 Å². The maximum Gasteiger partial charge on any atom is 0.191 e. The number of guanidine groups is 1. The Bertz CT molecular complexity index is 756. The quantitative estimate of drug-likeness (QED) is 0.199. The van der Waals surface area contributed by atoms with Crippen molar-refractivity contribution in [3.05, 3.63) is 40.9 Å². The first-order valence-electron chi connectivity index (χ1n) is 9.44. The molecule has 1 aromatic carbocycles. The smallest absolute Gasteiger partial charge is 0.191 e. The molecule has 1 aromatic heterocycles. The van der Waals surface area contributed by atoms with Crippen LogP contribution in [-0.2, 0) is 18.3 Å². The molecular formula is C19H30ClIN6O2. The van der Waals surface area contributed by atoms with Crippen LogP contribution in [0.15, 0.2) is 29.3 Å². The van der Waals surface area contributed by atoms with E-state index in [0.717, 1.165) is 37.8 Å². The lowest BCUT2D eigenvalue weighted by atomic mass is 10.3. The SMILES string of the molecule is CCOCCCNC(=NCc1nnc(C)n1C)NCCOc1ccccc1Cl.I. The van der Waals surface area contributed by atoms with Crippen molar-refractivity contribution in [3.63, 3.8) is 0 Å². The van der Waals surface area contributed by atoms with E-state index >= 15 is 0 Å². The van der Waals surface area contributed by atoms with Crippen molar-refractivity contribution < 1.29 is 9.47 Å². The molecule has 0 atom stereocenters. The van der Waals surface area contributed by atoms with Gasteiger partial charge in [0, 0.05) is 26.8 Å². The summed E-state index contributed by atoms with van der Waals surface area (Å²) in [6.07, 6.45) is 0.897. The summed E-state index contributed by atoms with van der Waals surface area (Å²) in [6, 6.07) is 7.42. The van der Waals surface area contributed by atoms with E-state index in [1.54, 1.807) is 6.07 Å². The van der Waals surface area contributed by atoms with Crippen LogP contribution >= 0.6 is 35.6 Å². The van der Waals surface area contributed by atoms with Crippen LogP contribution in [0, 0.1) is 6.92 Å². The fraction of sp³-hybridized carbons (Fsp3) is 0.526. The maximum atomic E-state index is 6.10. The van der Waals surface area contributed by atoms with E-state index in [1.807, 2.05) is 43.7 Å². The zero-order chi connectivity index (χ0) is 20.2. The molecule has 0 bridgehead atoms. The number of rotatable bonds is 11. The Labute approximate surface area is 194 Å². The van der Waals surface area contributed by atoms with Crippen LogP contribution in [0.4, 0.5) is 0 Å². The van der Waals surface area contributed by atoms with Gasteiger partial charge in [-0.15, -0.1) is 34.2 Å². The second-order valence-corrected chi connectivity index (χ2v) is 6.48. The van der Waals surface area contributed by atoms with Crippen LogP contribution in [0.1, 0.15) is 25.0 Å². The third-order valence-corrected chi connectivity index (χ3v) is 4.32. The molecule has 0 aliphatic carbocycles. The van der Waals surface area contributed by atoms with Gasteiger partial charge in [0.1, 0.15) is 24.7 Å². The molecule has 29 heavy (non-hydrogen) atoms. The highest BCUT2D eigenvalue weighted by Gasteiger charge is 2.05. The molecule has 1 heterocycles. The Kier molecular flexibility index (Phi) is 12.6. The summed E-state index contributed by atoms with van der Waals surface area (Å²) in [5.74, 6) is 3.03. The highest BCUT2D eigenvalue weighted by molar-refractivity contribution is 14.0. The molecule has 10 heteroatoms. The van der Waals surface area contributed by atoms with Gasteiger partial charge in [0.05, 0.1) is 11.6 Å². The fourth-order valence-corrected chi connectivity index (χ4v) is 2.52. The maximum absolute atomic E-state index is 6.10. The van der Waals surface area contributed by atoms with E-state index in [1.165, 1.54) is 0 Å². The molecule has 0 aliphatic rings. The minimum absolute atomic E-state index is 0. The molecule has 2 N–H and O–H groups in total. The normalized spacial score (nSPS) is 11.1.